The number of carbonyl (C=O) groups excluding carboxylic acids is 1. The van der Waals surface area contributed by atoms with Crippen LogP contribution >= 0.6 is 11.8 Å². The number of aromatic nitrogens is 3. The number of ether oxygens (including phenoxy) is 1. The third-order valence-electron chi connectivity index (χ3n) is 2.26. The molecule has 0 aliphatic carbocycles. The van der Waals surface area contributed by atoms with Gasteiger partial charge in [-0.2, -0.15) is 5.10 Å². The van der Waals surface area contributed by atoms with E-state index in [-0.39, 0.29) is 12.0 Å². The Hall–Kier alpha value is -1.08. The highest BCUT2D eigenvalue weighted by atomic mass is 32.2. The maximum atomic E-state index is 11.8. The Morgan fingerprint density at radius 2 is 2.39 bits per heavy atom. The summed E-state index contributed by atoms with van der Waals surface area (Å²) in [4.78, 5) is 15.9. The highest BCUT2D eigenvalue weighted by Crippen LogP contribution is 2.14. The van der Waals surface area contributed by atoms with Crippen molar-refractivity contribution in [1.29, 1.82) is 0 Å². The lowest BCUT2D eigenvalue weighted by Crippen LogP contribution is -2.40. The molecule has 1 heterocycles. The summed E-state index contributed by atoms with van der Waals surface area (Å²) in [5.74, 6) is 0.381. The smallest absolute Gasteiger partial charge is 0.323 e. The van der Waals surface area contributed by atoms with Crippen molar-refractivity contribution in [3.8, 4) is 0 Å². The molecule has 0 saturated heterocycles. The zero-order valence-corrected chi connectivity index (χ0v) is 11.9. The van der Waals surface area contributed by atoms with Crippen LogP contribution in [0.5, 0.6) is 0 Å². The number of hydrogen-bond acceptors (Lipinski definition) is 6. The Morgan fingerprint density at radius 1 is 1.61 bits per heavy atom. The van der Waals surface area contributed by atoms with Gasteiger partial charge >= 0.3 is 5.97 Å². The summed E-state index contributed by atoms with van der Waals surface area (Å²) in [5, 5.41) is 7.96. The average Bonchev–Trinajstić information content (AvgIpc) is 2.75. The van der Waals surface area contributed by atoms with E-state index in [0.717, 1.165) is 18.1 Å². The molecule has 1 N–H and O–H groups in total. The Bertz CT molecular complexity index is 370. The van der Waals surface area contributed by atoms with Crippen LogP contribution < -0.4 is 5.32 Å². The molecule has 7 heteroatoms. The zero-order chi connectivity index (χ0) is 13.4. The van der Waals surface area contributed by atoms with Crippen molar-refractivity contribution in [2.24, 2.45) is 7.05 Å². The molecule has 0 aliphatic heterocycles. The lowest BCUT2D eigenvalue weighted by molar-refractivity contribution is -0.144. The third kappa shape index (κ3) is 4.66. The SMILES string of the molecule is CCCNC(CSc1ncnn1C)C(=O)OCC. The predicted octanol–water partition coefficient (Wildman–Crippen LogP) is 0.838. The van der Waals surface area contributed by atoms with Gasteiger partial charge in [-0.3, -0.25) is 4.79 Å². The molecule has 1 rings (SSSR count). The minimum Gasteiger partial charge on any atom is -0.465 e. The number of hydrogen-bond donors (Lipinski definition) is 1. The standard InChI is InChI=1S/C11H20N4O2S/c1-4-6-12-9(10(16)17-5-2)7-18-11-13-8-14-15(11)3/h8-9,12H,4-7H2,1-3H3. The van der Waals surface area contributed by atoms with E-state index in [0.29, 0.717) is 12.4 Å². The number of esters is 1. The van der Waals surface area contributed by atoms with Crippen molar-refractivity contribution in [3.05, 3.63) is 6.33 Å². The van der Waals surface area contributed by atoms with Crippen molar-refractivity contribution in [1.82, 2.24) is 20.1 Å². The maximum Gasteiger partial charge on any atom is 0.323 e. The number of nitrogens with zero attached hydrogens (tertiary/aromatic N) is 3. The number of aryl methyl sites for hydroxylation is 1. The van der Waals surface area contributed by atoms with Crippen molar-refractivity contribution in [2.45, 2.75) is 31.5 Å². The highest BCUT2D eigenvalue weighted by Gasteiger charge is 2.19. The topological polar surface area (TPSA) is 69.0 Å². The molecule has 1 unspecified atom stereocenters. The van der Waals surface area contributed by atoms with Gasteiger partial charge in [-0.15, -0.1) is 0 Å². The van der Waals surface area contributed by atoms with E-state index in [1.807, 2.05) is 14.0 Å². The van der Waals surface area contributed by atoms with Gasteiger partial charge in [0.2, 0.25) is 0 Å². The molecule has 102 valence electrons. The quantitative estimate of drug-likeness (QED) is 0.558. The van der Waals surface area contributed by atoms with E-state index in [9.17, 15) is 4.79 Å². The van der Waals surface area contributed by atoms with Crippen LogP contribution in [0.3, 0.4) is 0 Å². The largest absolute Gasteiger partial charge is 0.465 e. The zero-order valence-electron chi connectivity index (χ0n) is 11.0. The summed E-state index contributed by atoms with van der Waals surface area (Å²) in [6, 6.07) is -0.299. The molecule has 1 aromatic heterocycles. The van der Waals surface area contributed by atoms with Crippen LogP contribution in [-0.4, -0.2) is 45.7 Å². The number of carbonyl (C=O) groups is 1. The van der Waals surface area contributed by atoms with Crippen LogP contribution in [0.4, 0.5) is 0 Å². The van der Waals surface area contributed by atoms with Gasteiger partial charge in [-0.1, -0.05) is 18.7 Å². The van der Waals surface area contributed by atoms with E-state index in [4.69, 9.17) is 4.74 Å². The fourth-order valence-corrected chi connectivity index (χ4v) is 2.27. The number of thioether (sulfide) groups is 1. The molecule has 1 aromatic rings. The van der Waals surface area contributed by atoms with Crippen LogP contribution in [0.15, 0.2) is 11.5 Å². The van der Waals surface area contributed by atoms with Crippen molar-refractivity contribution in [3.63, 3.8) is 0 Å². The monoisotopic (exact) mass is 272 g/mol. The van der Waals surface area contributed by atoms with Crippen LogP contribution in [-0.2, 0) is 16.6 Å². The van der Waals surface area contributed by atoms with Gasteiger partial charge in [0.25, 0.3) is 0 Å². The predicted molar refractivity (Wildman–Crippen MR) is 70.4 cm³/mol. The molecule has 0 spiro atoms. The normalized spacial score (nSPS) is 12.4. The summed E-state index contributed by atoms with van der Waals surface area (Å²) < 4.78 is 6.73. The molecule has 0 amide bonds. The van der Waals surface area contributed by atoms with Gasteiger partial charge in [0.05, 0.1) is 6.61 Å². The Balaban J connectivity index is 2.50. The molecule has 0 bridgehead atoms. The first-order valence-corrected chi connectivity index (χ1v) is 7.04. The summed E-state index contributed by atoms with van der Waals surface area (Å²) in [6.07, 6.45) is 2.48. The van der Waals surface area contributed by atoms with Gasteiger partial charge in [0, 0.05) is 12.8 Å². The number of rotatable bonds is 8. The van der Waals surface area contributed by atoms with E-state index in [2.05, 4.69) is 22.3 Å². The van der Waals surface area contributed by atoms with Gasteiger partial charge < -0.3 is 10.1 Å². The minimum absolute atomic E-state index is 0.208. The van der Waals surface area contributed by atoms with Gasteiger partial charge in [0.15, 0.2) is 5.16 Å². The maximum absolute atomic E-state index is 11.8. The number of nitrogens with one attached hydrogen (secondary N) is 1. The Labute approximate surface area is 111 Å². The van der Waals surface area contributed by atoms with Gasteiger partial charge in [-0.25, -0.2) is 9.67 Å². The van der Waals surface area contributed by atoms with Crippen molar-refractivity contribution < 1.29 is 9.53 Å². The lowest BCUT2D eigenvalue weighted by atomic mass is 10.3. The molecule has 0 fully saturated rings. The molecule has 0 radical (unpaired) electrons. The summed E-state index contributed by atoms with van der Waals surface area (Å²) in [5.41, 5.74) is 0. The highest BCUT2D eigenvalue weighted by molar-refractivity contribution is 7.99. The molecule has 1 atom stereocenters. The average molecular weight is 272 g/mol. The molecule has 18 heavy (non-hydrogen) atoms. The van der Waals surface area contributed by atoms with Crippen LogP contribution in [0.25, 0.3) is 0 Å². The van der Waals surface area contributed by atoms with Gasteiger partial charge in [0.1, 0.15) is 12.4 Å². The van der Waals surface area contributed by atoms with Crippen LogP contribution in [0.2, 0.25) is 0 Å². The lowest BCUT2D eigenvalue weighted by Gasteiger charge is -2.16. The Morgan fingerprint density at radius 3 is 2.94 bits per heavy atom. The van der Waals surface area contributed by atoms with E-state index in [1.54, 1.807) is 4.68 Å². The molecule has 6 nitrogen and oxygen atoms in total. The first-order valence-electron chi connectivity index (χ1n) is 6.05. The first-order chi connectivity index (χ1) is 8.69. The summed E-state index contributed by atoms with van der Waals surface area (Å²) in [6.45, 7) is 5.07. The van der Waals surface area contributed by atoms with E-state index >= 15 is 0 Å². The molecule has 0 aliphatic rings. The van der Waals surface area contributed by atoms with Crippen molar-refractivity contribution in [2.75, 3.05) is 18.9 Å². The van der Waals surface area contributed by atoms with Gasteiger partial charge in [-0.05, 0) is 19.9 Å². The fraction of sp³-hybridized carbons (Fsp3) is 0.727. The molecular formula is C11H20N4O2S. The van der Waals surface area contributed by atoms with Crippen LogP contribution in [0, 0.1) is 0 Å². The fourth-order valence-electron chi connectivity index (χ4n) is 1.35. The Kier molecular flexibility index (Phi) is 6.74. The second-order valence-electron chi connectivity index (χ2n) is 3.74. The molecular weight excluding hydrogens is 252 g/mol. The second kappa shape index (κ2) is 8.10. The van der Waals surface area contributed by atoms with E-state index < -0.39 is 0 Å². The van der Waals surface area contributed by atoms with Crippen LogP contribution in [0.1, 0.15) is 20.3 Å². The third-order valence-corrected chi connectivity index (χ3v) is 3.39. The summed E-state index contributed by atoms with van der Waals surface area (Å²) >= 11 is 1.49. The summed E-state index contributed by atoms with van der Waals surface area (Å²) in [7, 11) is 1.83. The first kappa shape index (κ1) is 15.0. The minimum atomic E-state index is -0.299. The molecule has 0 saturated carbocycles. The molecule has 0 aromatic carbocycles. The van der Waals surface area contributed by atoms with E-state index in [1.165, 1.54) is 18.1 Å². The van der Waals surface area contributed by atoms with Crippen molar-refractivity contribution >= 4 is 17.7 Å². The second-order valence-corrected chi connectivity index (χ2v) is 4.72.